The third-order valence-corrected chi connectivity index (χ3v) is 5.91. The van der Waals surface area contributed by atoms with E-state index in [9.17, 15) is 14.0 Å². The predicted molar refractivity (Wildman–Crippen MR) is 123 cm³/mol. The second-order valence-corrected chi connectivity index (χ2v) is 8.25. The molecule has 0 bridgehead atoms. The van der Waals surface area contributed by atoms with E-state index in [1.165, 1.54) is 43.5 Å². The second kappa shape index (κ2) is 10.3. The molecule has 1 fully saturated rings. The van der Waals surface area contributed by atoms with Crippen LogP contribution in [0.5, 0.6) is 5.75 Å². The number of nitrogens with zero attached hydrogens (tertiary/aromatic N) is 1. The normalized spacial score (nSPS) is 14.0. The first-order valence-electron chi connectivity index (χ1n) is 11.2. The molecule has 0 atom stereocenters. The third kappa shape index (κ3) is 5.80. The molecule has 4 rings (SSSR count). The summed E-state index contributed by atoms with van der Waals surface area (Å²) in [5.74, 6) is 0.370. The minimum atomic E-state index is -0.401. The van der Waals surface area contributed by atoms with Crippen molar-refractivity contribution in [2.24, 2.45) is 0 Å². The van der Waals surface area contributed by atoms with Crippen LogP contribution in [0.25, 0.3) is 0 Å². The van der Waals surface area contributed by atoms with Gasteiger partial charge < -0.3 is 19.4 Å². The van der Waals surface area contributed by atoms with Gasteiger partial charge in [-0.25, -0.2) is 4.39 Å². The number of furan rings is 1. The number of anilines is 1. The van der Waals surface area contributed by atoms with E-state index in [1.54, 1.807) is 36.4 Å². The number of hydrogen-bond acceptors (Lipinski definition) is 4. The molecule has 0 unspecified atom stereocenters. The maximum atomic E-state index is 13.0. The number of rotatable bonds is 7. The Balaban J connectivity index is 1.31. The summed E-state index contributed by atoms with van der Waals surface area (Å²) < 4.78 is 24.0. The minimum absolute atomic E-state index is 0.00314. The van der Waals surface area contributed by atoms with Crippen LogP contribution < -0.4 is 10.1 Å². The van der Waals surface area contributed by atoms with Crippen molar-refractivity contribution in [1.82, 2.24) is 4.90 Å². The van der Waals surface area contributed by atoms with Crippen LogP contribution >= 0.6 is 0 Å². The fraction of sp³-hybridized carbons (Fsp3) is 0.308. The van der Waals surface area contributed by atoms with Crippen molar-refractivity contribution < 1.29 is 23.1 Å². The van der Waals surface area contributed by atoms with Crippen molar-refractivity contribution in [2.75, 3.05) is 12.4 Å². The average Bonchev–Trinajstić information content (AvgIpc) is 3.33. The smallest absolute Gasteiger partial charge is 0.291 e. The number of ether oxygens (including phenoxy) is 1. The van der Waals surface area contributed by atoms with Crippen LogP contribution in [0.1, 0.15) is 58.8 Å². The maximum absolute atomic E-state index is 13.0. The summed E-state index contributed by atoms with van der Waals surface area (Å²) >= 11 is 0. The lowest BCUT2D eigenvalue weighted by molar-refractivity contribution is 0.0696. The van der Waals surface area contributed by atoms with Gasteiger partial charge in [-0.2, -0.15) is 0 Å². The molecule has 1 aliphatic rings. The van der Waals surface area contributed by atoms with E-state index in [1.807, 2.05) is 11.9 Å². The van der Waals surface area contributed by atoms with Crippen LogP contribution in [0.15, 0.2) is 65.1 Å². The highest BCUT2D eigenvalue weighted by Gasteiger charge is 2.23. The predicted octanol–water partition coefficient (Wildman–Crippen LogP) is 5.65. The molecule has 7 heteroatoms. The highest BCUT2D eigenvalue weighted by atomic mass is 19.1. The van der Waals surface area contributed by atoms with Crippen molar-refractivity contribution in [3.63, 3.8) is 0 Å². The zero-order chi connectivity index (χ0) is 23.2. The van der Waals surface area contributed by atoms with E-state index in [0.717, 1.165) is 12.8 Å². The zero-order valence-electron chi connectivity index (χ0n) is 18.6. The summed E-state index contributed by atoms with van der Waals surface area (Å²) in [5, 5.41) is 2.77. The maximum Gasteiger partial charge on any atom is 0.291 e. The number of carbonyl (C=O) groups is 2. The molecule has 0 radical (unpaired) electrons. The molecule has 6 nitrogen and oxygen atoms in total. The number of nitrogens with one attached hydrogen (secondary N) is 1. The van der Waals surface area contributed by atoms with Crippen molar-refractivity contribution in [2.45, 2.75) is 44.8 Å². The van der Waals surface area contributed by atoms with Crippen LogP contribution in [0.4, 0.5) is 10.1 Å². The van der Waals surface area contributed by atoms with Gasteiger partial charge in [0.05, 0.1) is 0 Å². The summed E-state index contributed by atoms with van der Waals surface area (Å²) in [6.45, 7) is 0.115. The fourth-order valence-electron chi connectivity index (χ4n) is 3.99. The van der Waals surface area contributed by atoms with Gasteiger partial charge in [0.25, 0.3) is 11.8 Å². The first kappa shape index (κ1) is 22.6. The Morgan fingerprint density at radius 2 is 1.70 bits per heavy atom. The number of carbonyl (C=O) groups excluding carboxylic acids is 2. The Kier molecular flexibility index (Phi) is 7.07. The van der Waals surface area contributed by atoms with Crippen molar-refractivity contribution in [1.29, 1.82) is 0 Å². The van der Waals surface area contributed by atoms with Gasteiger partial charge in [-0.05, 0) is 73.5 Å². The van der Waals surface area contributed by atoms with Gasteiger partial charge in [0, 0.05) is 24.3 Å². The molecule has 0 aliphatic heterocycles. The van der Waals surface area contributed by atoms with E-state index in [2.05, 4.69) is 5.32 Å². The molecule has 172 valence electrons. The van der Waals surface area contributed by atoms with E-state index in [0.29, 0.717) is 28.8 Å². The summed E-state index contributed by atoms with van der Waals surface area (Å²) in [6, 6.07) is 16.0. The fourth-order valence-corrected chi connectivity index (χ4v) is 3.99. The van der Waals surface area contributed by atoms with Crippen molar-refractivity contribution >= 4 is 17.5 Å². The Morgan fingerprint density at radius 1 is 1.00 bits per heavy atom. The molecule has 3 aromatic rings. The molecule has 2 aromatic carbocycles. The number of halogens is 1. The van der Waals surface area contributed by atoms with Gasteiger partial charge in [-0.1, -0.05) is 19.3 Å². The number of benzene rings is 2. The summed E-state index contributed by atoms with van der Waals surface area (Å²) in [7, 11) is 1.86. The molecule has 1 N–H and O–H groups in total. The van der Waals surface area contributed by atoms with E-state index < -0.39 is 5.91 Å². The van der Waals surface area contributed by atoms with Crippen LogP contribution in [0.3, 0.4) is 0 Å². The lowest BCUT2D eigenvalue weighted by atomic mass is 9.94. The number of hydrogen-bond donors (Lipinski definition) is 1. The van der Waals surface area contributed by atoms with Gasteiger partial charge in [-0.3, -0.25) is 9.59 Å². The average molecular weight is 451 g/mol. The molecular formula is C26H27FN2O4. The van der Waals surface area contributed by atoms with E-state index in [-0.39, 0.29) is 24.1 Å². The first-order chi connectivity index (χ1) is 16.0. The lowest BCUT2D eigenvalue weighted by Crippen LogP contribution is -2.38. The standard InChI is InChI=1S/C26H27FN2O4/c1-29(21-5-3-2-4-6-21)26(31)18-7-11-20(12-8-18)28-25(30)24-16-15-23(33-24)17-32-22-13-9-19(27)10-14-22/h7-16,21H,2-6,17H2,1H3,(H,28,30). The van der Waals surface area contributed by atoms with Crippen molar-refractivity contribution in [3.05, 3.63) is 83.6 Å². The Morgan fingerprint density at radius 3 is 2.39 bits per heavy atom. The van der Waals surface area contributed by atoms with Gasteiger partial charge in [-0.15, -0.1) is 0 Å². The van der Waals surface area contributed by atoms with E-state index in [4.69, 9.17) is 9.15 Å². The van der Waals surface area contributed by atoms with E-state index >= 15 is 0 Å². The lowest BCUT2D eigenvalue weighted by Gasteiger charge is -2.31. The molecule has 1 saturated carbocycles. The van der Waals surface area contributed by atoms with Crippen LogP contribution in [0.2, 0.25) is 0 Å². The minimum Gasteiger partial charge on any atom is -0.486 e. The topological polar surface area (TPSA) is 71.8 Å². The van der Waals surface area contributed by atoms with Crippen molar-refractivity contribution in [3.8, 4) is 5.75 Å². The molecular weight excluding hydrogens is 423 g/mol. The van der Waals surface area contributed by atoms with Crippen LogP contribution in [0, 0.1) is 5.82 Å². The highest BCUT2D eigenvalue weighted by molar-refractivity contribution is 6.02. The monoisotopic (exact) mass is 450 g/mol. The van der Waals surface area contributed by atoms with Crippen LogP contribution in [-0.2, 0) is 6.61 Å². The van der Waals surface area contributed by atoms with Gasteiger partial charge >= 0.3 is 0 Å². The largest absolute Gasteiger partial charge is 0.486 e. The third-order valence-electron chi connectivity index (χ3n) is 5.91. The van der Waals surface area contributed by atoms with Gasteiger partial charge in [0.2, 0.25) is 0 Å². The SMILES string of the molecule is CN(C(=O)c1ccc(NC(=O)c2ccc(COc3ccc(F)cc3)o2)cc1)C1CCCCC1. The molecule has 1 aromatic heterocycles. The Bertz CT molecular complexity index is 1090. The highest BCUT2D eigenvalue weighted by Crippen LogP contribution is 2.23. The molecule has 2 amide bonds. The number of amides is 2. The molecule has 1 aliphatic carbocycles. The summed E-state index contributed by atoms with van der Waals surface area (Å²) in [5.41, 5.74) is 1.16. The zero-order valence-corrected chi connectivity index (χ0v) is 18.6. The molecule has 33 heavy (non-hydrogen) atoms. The van der Waals surface area contributed by atoms with Gasteiger partial charge in [0.1, 0.15) is 23.9 Å². The molecule has 1 heterocycles. The van der Waals surface area contributed by atoms with Crippen LogP contribution in [-0.4, -0.2) is 29.8 Å². The quantitative estimate of drug-likeness (QED) is 0.505. The molecule has 0 spiro atoms. The summed E-state index contributed by atoms with van der Waals surface area (Å²) in [6.07, 6.45) is 5.68. The first-order valence-corrected chi connectivity index (χ1v) is 11.2. The molecule has 0 saturated heterocycles. The Hall–Kier alpha value is -3.61. The van der Waals surface area contributed by atoms with Gasteiger partial charge in [0.15, 0.2) is 5.76 Å². The summed E-state index contributed by atoms with van der Waals surface area (Å²) in [4.78, 5) is 27.1. The Labute approximate surface area is 192 Å². The second-order valence-electron chi connectivity index (χ2n) is 8.25.